The first-order chi connectivity index (χ1) is 6.93. The molecule has 0 aliphatic carbocycles. The lowest BCUT2D eigenvalue weighted by Gasteiger charge is -2.22. The summed E-state index contributed by atoms with van der Waals surface area (Å²) in [6, 6.07) is -0.907. The van der Waals surface area contributed by atoms with Crippen LogP contribution in [0.15, 0.2) is 0 Å². The maximum absolute atomic E-state index is 11.1. The average molecular weight is 214 g/mol. The first kappa shape index (κ1) is 11.5. The van der Waals surface area contributed by atoms with E-state index in [0.717, 1.165) is 0 Å². The van der Waals surface area contributed by atoms with E-state index in [1.54, 1.807) is 0 Å². The smallest absolute Gasteiger partial charge is 0.326 e. The second kappa shape index (κ2) is 4.29. The van der Waals surface area contributed by atoms with Crippen molar-refractivity contribution in [1.29, 1.82) is 0 Å². The minimum Gasteiger partial charge on any atom is -0.480 e. The first-order valence-corrected chi connectivity index (χ1v) is 4.71. The summed E-state index contributed by atoms with van der Waals surface area (Å²) in [5.74, 6) is -2.25. The third kappa shape index (κ3) is 2.45. The molecule has 3 N–H and O–H groups in total. The third-order valence-corrected chi connectivity index (χ3v) is 2.64. The molecule has 1 aliphatic heterocycles. The Bertz CT molecular complexity index is 302. The number of nitrogens with two attached hydrogens (primary N) is 1. The number of amides is 2. The molecule has 0 spiro atoms. The van der Waals surface area contributed by atoms with Gasteiger partial charge in [-0.3, -0.25) is 9.59 Å². The van der Waals surface area contributed by atoms with Crippen LogP contribution in [0.3, 0.4) is 0 Å². The van der Waals surface area contributed by atoms with Crippen LogP contribution >= 0.6 is 0 Å². The van der Waals surface area contributed by atoms with Crippen molar-refractivity contribution in [3.05, 3.63) is 0 Å². The number of aliphatic carboxylic acids is 1. The lowest BCUT2D eigenvalue weighted by molar-refractivity contribution is -0.149. The standard InChI is InChI=1S/C9H14N2O4/c1-5(12)11-3-2-6(4-7(10)13)8(11)9(14)15/h6,8H,2-4H2,1H3,(H2,10,13)(H,14,15)/t6-,8+/m1/s1. The molecule has 2 amide bonds. The van der Waals surface area contributed by atoms with E-state index >= 15 is 0 Å². The van der Waals surface area contributed by atoms with Crippen molar-refractivity contribution in [3.8, 4) is 0 Å². The molecule has 15 heavy (non-hydrogen) atoms. The van der Waals surface area contributed by atoms with Crippen molar-refractivity contribution in [2.45, 2.75) is 25.8 Å². The van der Waals surface area contributed by atoms with Gasteiger partial charge in [0.25, 0.3) is 0 Å². The van der Waals surface area contributed by atoms with E-state index in [-0.39, 0.29) is 18.2 Å². The highest BCUT2D eigenvalue weighted by atomic mass is 16.4. The van der Waals surface area contributed by atoms with Crippen LogP contribution in [-0.4, -0.2) is 40.4 Å². The molecule has 0 unspecified atom stereocenters. The molecule has 6 heteroatoms. The van der Waals surface area contributed by atoms with Crippen molar-refractivity contribution >= 4 is 17.8 Å². The molecule has 2 atom stereocenters. The normalized spacial score (nSPS) is 25.3. The first-order valence-electron chi connectivity index (χ1n) is 4.71. The van der Waals surface area contributed by atoms with Gasteiger partial charge in [0.2, 0.25) is 11.8 Å². The summed E-state index contributed by atoms with van der Waals surface area (Å²) in [6.07, 6.45) is 0.528. The van der Waals surface area contributed by atoms with Gasteiger partial charge >= 0.3 is 5.97 Å². The van der Waals surface area contributed by atoms with Crippen LogP contribution in [0.2, 0.25) is 0 Å². The molecule has 0 aromatic rings. The van der Waals surface area contributed by atoms with Gasteiger partial charge in [-0.2, -0.15) is 0 Å². The van der Waals surface area contributed by atoms with E-state index in [9.17, 15) is 14.4 Å². The Labute approximate surface area is 87.0 Å². The SMILES string of the molecule is CC(=O)N1CC[C@H](CC(N)=O)[C@H]1C(=O)O. The largest absolute Gasteiger partial charge is 0.480 e. The molecule has 1 heterocycles. The topological polar surface area (TPSA) is 101 Å². The van der Waals surface area contributed by atoms with Crippen molar-refractivity contribution < 1.29 is 19.5 Å². The predicted octanol–water partition coefficient (Wildman–Crippen LogP) is -0.817. The number of nitrogens with zero attached hydrogens (tertiary/aromatic N) is 1. The summed E-state index contributed by atoms with van der Waals surface area (Å²) in [4.78, 5) is 34.1. The minimum atomic E-state index is -1.08. The lowest BCUT2D eigenvalue weighted by atomic mass is 9.96. The van der Waals surface area contributed by atoms with Crippen molar-refractivity contribution in [2.75, 3.05) is 6.54 Å². The van der Waals surface area contributed by atoms with Gasteiger partial charge in [0, 0.05) is 25.8 Å². The zero-order chi connectivity index (χ0) is 11.6. The van der Waals surface area contributed by atoms with Gasteiger partial charge < -0.3 is 15.7 Å². The van der Waals surface area contributed by atoms with Crippen molar-refractivity contribution in [1.82, 2.24) is 4.90 Å². The van der Waals surface area contributed by atoms with Gasteiger partial charge in [0.05, 0.1) is 0 Å². The molecule has 0 radical (unpaired) electrons. The number of hydrogen-bond acceptors (Lipinski definition) is 3. The van der Waals surface area contributed by atoms with Crippen LogP contribution in [0.1, 0.15) is 19.8 Å². The molecule has 1 fully saturated rings. The van der Waals surface area contributed by atoms with Gasteiger partial charge in [-0.25, -0.2) is 4.79 Å². The van der Waals surface area contributed by atoms with E-state index in [4.69, 9.17) is 10.8 Å². The second-order valence-electron chi connectivity index (χ2n) is 3.71. The van der Waals surface area contributed by atoms with Crippen LogP contribution in [0.25, 0.3) is 0 Å². The molecule has 0 bridgehead atoms. The Hall–Kier alpha value is -1.59. The fraction of sp³-hybridized carbons (Fsp3) is 0.667. The predicted molar refractivity (Wildman–Crippen MR) is 50.7 cm³/mol. The number of carbonyl (C=O) groups is 3. The Morgan fingerprint density at radius 1 is 1.47 bits per heavy atom. The van der Waals surface area contributed by atoms with Crippen LogP contribution in [0, 0.1) is 5.92 Å². The highest BCUT2D eigenvalue weighted by molar-refractivity contribution is 5.84. The molecular formula is C9H14N2O4. The molecule has 0 aromatic carbocycles. The number of rotatable bonds is 3. The Balaban J connectivity index is 2.79. The molecule has 1 rings (SSSR count). The summed E-state index contributed by atoms with van der Waals surface area (Å²) in [7, 11) is 0. The van der Waals surface area contributed by atoms with Crippen LogP contribution in [0.4, 0.5) is 0 Å². The summed E-state index contributed by atoms with van der Waals surface area (Å²) >= 11 is 0. The van der Waals surface area contributed by atoms with E-state index in [1.165, 1.54) is 11.8 Å². The average Bonchev–Trinajstić information content (AvgIpc) is 2.46. The molecule has 6 nitrogen and oxygen atoms in total. The fourth-order valence-electron chi connectivity index (χ4n) is 2.02. The summed E-state index contributed by atoms with van der Waals surface area (Å²) in [5, 5.41) is 8.97. The quantitative estimate of drug-likeness (QED) is 0.641. The Morgan fingerprint density at radius 3 is 2.47 bits per heavy atom. The van der Waals surface area contributed by atoms with Crippen molar-refractivity contribution in [3.63, 3.8) is 0 Å². The zero-order valence-corrected chi connectivity index (χ0v) is 8.47. The lowest BCUT2D eigenvalue weighted by Crippen LogP contribution is -2.43. The van der Waals surface area contributed by atoms with Gasteiger partial charge in [-0.15, -0.1) is 0 Å². The third-order valence-electron chi connectivity index (χ3n) is 2.64. The Morgan fingerprint density at radius 2 is 2.07 bits per heavy atom. The number of carboxylic acids is 1. The van der Waals surface area contributed by atoms with Gasteiger partial charge in [0.15, 0.2) is 0 Å². The van der Waals surface area contributed by atoms with E-state index in [1.807, 2.05) is 0 Å². The molecule has 0 aromatic heterocycles. The Kier molecular flexibility index (Phi) is 3.28. The van der Waals surface area contributed by atoms with E-state index in [2.05, 4.69) is 0 Å². The highest BCUT2D eigenvalue weighted by Crippen LogP contribution is 2.27. The van der Waals surface area contributed by atoms with Gasteiger partial charge in [-0.1, -0.05) is 0 Å². The molecule has 0 saturated carbocycles. The zero-order valence-electron chi connectivity index (χ0n) is 8.47. The van der Waals surface area contributed by atoms with Crippen molar-refractivity contribution in [2.24, 2.45) is 11.7 Å². The number of carbonyl (C=O) groups excluding carboxylic acids is 2. The minimum absolute atomic E-state index is 0.0146. The van der Waals surface area contributed by atoms with E-state index < -0.39 is 17.9 Å². The number of likely N-dealkylation sites (tertiary alicyclic amines) is 1. The second-order valence-corrected chi connectivity index (χ2v) is 3.71. The molecular weight excluding hydrogens is 200 g/mol. The van der Waals surface area contributed by atoms with Gasteiger partial charge in [-0.05, 0) is 6.42 Å². The maximum atomic E-state index is 11.1. The summed E-state index contributed by atoms with van der Waals surface area (Å²) in [5.41, 5.74) is 5.02. The monoisotopic (exact) mass is 214 g/mol. The molecule has 84 valence electrons. The van der Waals surface area contributed by atoms with E-state index in [0.29, 0.717) is 13.0 Å². The maximum Gasteiger partial charge on any atom is 0.326 e. The summed E-state index contributed by atoms with van der Waals surface area (Å²) < 4.78 is 0. The number of carboxylic acid groups (broad SMARTS) is 1. The van der Waals surface area contributed by atoms with Gasteiger partial charge in [0.1, 0.15) is 6.04 Å². The molecule has 1 saturated heterocycles. The van der Waals surface area contributed by atoms with Crippen LogP contribution in [-0.2, 0) is 14.4 Å². The fourth-order valence-corrected chi connectivity index (χ4v) is 2.02. The summed E-state index contributed by atoms with van der Waals surface area (Å²) in [6.45, 7) is 1.70. The van der Waals surface area contributed by atoms with Crippen LogP contribution < -0.4 is 5.73 Å². The van der Waals surface area contributed by atoms with Crippen LogP contribution in [0.5, 0.6) is 0 Å². The number of hydrogen-bond donors (Lipinski definition) is 2. The number of primary amides is 1. The highest BCUT2D eigenvalue weighted by Gasteiger charge is 2.41. The molecule has 1 aliphatic rings.